The number of esters is 1. The summed E-state index contributed by atoms with van der Waals surface area (Å²) in [6, 6.07) is 4.50. The molecule has 0 radical (unpaired) electrons. The minimum absolute atomic E-state index is 0.233. The second kappa shape index (κ2) is 7.65. The molecule has 5 heteroatoms. The monoisotopic (exact) mass is 278 g/mol. The van der Waals surface area contributed by atoms with Crippen LogP contribution in [0.1, 0.15) is 42.1 Å². The summed E-state index contributed by atoms with van der Waals surface area (Å²) in [7, 11) is 1.32. The van der Waals surface area contributed by atoms with Crippen molar-refractivity contribution in [1.29, 1.82) is 0 Å². The normalized spacial score (nSPS) is 11.8. The van der Waals surface area contributed by atoms with Crippen LogP contribution in [0.5, 0.6) is 0 Å². The van der Waals surface area contributed by atoms with E-state index in [4.69, 9.17) is 5.73 Å². The Hall–Kier alpha value is -1.88. The number of methoxy groups -OCH3 is 1. The summed E-state index contributed by atoms with van der Waals surface area (Å²) in [5, 5.41) is 2.77. The highest BCUT2D eigenvalue weighted by atomic mass is 16.5. The van der Waals surface area contributed by atoms with E-state index in [1.807, 2.05) is 6.92 Å². The number of carbonyl (C=O) groups is 2. The number of ether oxygens (including phenoxy) is 1. The van der Waals surface area contributed by atoms with Gasteiger partial charge in [0.05, 0.1) is 18.7 Å². The predicted molar refractivity (Wildman–Crippen MR) is 78.6 cm³/mol. The molecule has 0 spiro atoms. The number of nitrogens with one attached hydrogen (secondary N) is 1. The SMILES string of the molecule is CCCCC(N)C(=O)Nc1cc(C(=O)OC)ccc1C. The van der Waals surface area contributed by atoms with Crippen LogP contribution in [0.2, 0.25) is 0 Å². The zero-order chi connectivity index (χ0) is 15.1. The Kier molecular flexibility index (Phi) is 6.18. The molecule has 0 saturated carbocycles. The van der Waals surface area contributed by atoms with Gasteiger partial charge in [-0.25, -0.2) is 4.79 Å². The van der Waals surface area contributed by atoms with Crippen LogP contribution in [0.4, 0.5) is 5.69 Å². The predicted octanol–water partition coefficient (Wildman–Crippen LogP) is 2.24. The quantitative estimate of drug-likeness (QED) is 0.782. The average Bonchev–Trinajstić information content (AvgIpc) is 2.45. The standard InChI is InChI=1S/C15H22N2O3/c1-4-5-6-12(16)14(18)17-13-9-11(15(19)20-3)8-7-10(13)2/h7-9,12H,4-6,16H2,1-3H3,(H,17,18). The van der Waals surface area contributed by atoms with E-state index in [0.29, 0.717) is 17.7 Å². The maximum atomic E-state index is 12.0. The number of unbranched alkanes of at least 4 members (excludes halogenated alkanes) is 1. The molecular formula is C15H22N2O3. The molecule has 5 nitrogen and oxygen atoms in total. The van der Waals surface area contributed by atoms with Crippen LogP contribution in [0.15, 0.2) is 18.2 Å². The van der Waals surface area contributed by atoms with Crippen LogP contribution < -0.4 is 11.1 Å². The van der Waals surface area contributed by atoms with E-state index in [1.165, 1.54) is 7.11 Å². The van der Waals surface area contributed by atoms with Crippen molar-refractivity contribution in [2.24, 2.45) is 5.73 Å². The van der Waals surface area contributed by atoms with Gasteiger partial charge in [-0.1, -0.05) is 25.8 Å². The van der Waals surface area contributed by atoms with Crippen molar-refractivity contribution in [3.05, 3.63) is 29.3 Å². The molecule has 0 fully saturated rings. The smallest absolute Gasteiger partial charge is 0.337 e. The van der Waals surface area contributed by atoms with Crippen molar-refractivity contribution in [1.82, 2.24) is 0 Å². The van der Waals surface area contributed by atoms with Crippen LogP contribution >= 0.6 is 0 Å². The lowest BCUT2D eigenvalue weighted by Gasteiger charge is -2.14. The molecule has 0 aliphatic heterocycles. The molecule has 0 aromatic heterocycles. The molecular weight excluding hydrogens is 256 g/mol. The third kappa shape index (κ3) is 4.35. The number of anilines is 1. The average molecular weight is 278 g/mol. The fourth-order valence-electron chi connectivity index (χ4n) is 1.78. The first-order chi connectivity index (χ1) is 9.49. The van der Waals surface area contributed by atoms with Crippen molar-refractivity contribution >= 4 is 17.6 Å². The Morgan fingerprint density at radius 1 is 1.40 bits per heavy atom. The van der Waals surface area contributed by atoms with Gasteiger partial charge in [0.15, 0.2) is 0 Å². The molecule has 1 unspecified atom stereocenters. The summed E-state index contributed by atoms with van der Waals surface area (Å²) in [5.74, 6) is -0.667. The van der Waals surface area contributed by atoms with Gasteiger partial charge in [-0.3, -0.25) is 4.79 Å². The molecule has 110 valence electrons. The maximum Gasteiger partial charge on any atom is 0.337 e. The number of aryl methyl sites for hydroxylation is 1. The zero-order valence-corrected chi connectivity index (χ0v) is 12.2. The van der Waals surface area contributed by atoms with Gasteiger partial charge >= 0.3 is 5.97 Å². The Labute approximate surface area is 119 Å². The minimum atomic E-state index is -0.531. The number of rotatable bonds is 6. The lowest BCUT2D eigenvalue weighted by atomic mass is 10.1. The summed E-state index contributed by atoms with van der Waals surface area (Å²) in [6.45, 7) is 3.91. The third-order valence-corrected chi connectivity index (χ3v) is 3.12. The van der Waals surface area contributed by atoms with Gasteiger partial charge in [-0.2, -0.15) is 0 Å². The number of nitrogens with two attached hydrogens (primary N) is 1. The van der Waals surface area contributed by atoms with Crippen LogP contribution in [0, 0.1) is 6.92 Å². The number of hydrogen-bond acceptors (Lipinski definition) is 4. The number of carbonyl (C=O) groups excluding carboxylic acids is 2. The maximum absolute atomic E-state index is 12.0. The molecule has 20 heavy (non-hydrogen) atoms. The molecule has 0 saturated heterocycles. The van der Waals surface area contributed by atoms with E-state index in [1.54, 1.807) is 18.2 Å². The van der Waals surface area contributed by atoms with Crippen molar-refractivity contribution < 1.29 is 14.3 Å². The van der Waals surface area contributed by atoms with Crippen molar-refractivity contribution in [3.63, 3.8) is 0 Å². The number of hydrogen-bond donors (Lipinski definition) is 2. The molecule has 1 atom stereocenters. The summed E-state index contributed by atoms with van der Waals surface area (Å²) in [5.41, 5.74) is 7.68. The summed E-state index contributed by atoms with van der Waals surface area (Å²) in [6.07, 6.45) is 2.56. The van der Waals surface area contributed by atoms with E-state index >= 15 is 0 Å². The highest BCUT2D eigenvalue weighted by molar-refractivity contribution is 5.97. The molecule has 0 heterocycles. The van der Waals surface area contributed by atoms with Gasteiger partial charge in [-0.15, -0.1) is 0 Å². The number of benzene rings is 1. The lowest BCUT2D eigenvalue weighted by molar-refractivity contribution is -0.117. The second-order valence-corrected chi connectivity index (χ2v) is 4.76. The molecule has 0 bridgehead atoms. The second-order valence-electron chi connectivity index (χ2n) is 4.76. The largest absolute Gasteiger partial charge is 0.465 e. The topological polar surface area (TPSA) is 81.4 Å². The van der Waals surface area contributed by atoms with Gasteiger partial charge in [0, 0.05) is 5.69 Å². The van der Waals surface area contributed by atoms with E-state index in [-0.39, 0.29) is 5.91 Å². The number of amides is 1. The molecule has 1 amide bonds. The summed E-state index contributed by atoms with van der Waals surface area (Å²) >= 11 is 0. The molecule has 0 aliphatic carbocycles. The van der Waals surface area contributed by atoms with E-state index in [2.05, 4.69) is 17.0 Å². The molecule has 1 aromatic carbocycles. The first-order valence-electron chi connectivity index (χ1n) is 6.75. The zero-order valence-electron chi connectivity index (χ0n) is 12.2. The Morgan fingerprint density at radius 2 is 2.10 bits per heavy atom. The van der Waals surface area contributed by atoms with Crippen LogP contribution in [0.3, 0.4) is 0 Å². The van der Waals surface area contributed by atoms with Gasteiger partial charge in [0.2, 0.25) is 5.91 Å². The molecule has 1 rings (SSSR count). The highest BCUT2D eigenvalue weighted by Gasteiger charge is 2.15. The van der Waals surface area contributed by atoms with E-state index < -0.39 is 12.0 Å². The highest BCUT2D eigenvalue weighted by Crippen LogP contribution is 2.18. The molecule has 1 aromatic rings. The Balaban J connectivity index is 2.80. The Bertz CT molecular complexity index is 486. The Morgan fingerprint density at radius 3 is 2.70 bits per heavy atom. The van der Waals surface area contributed by atoms with Crippen molar-refractivity contribution in [2.75, 3.05) is 12.4 Å². The van der Waals surface area contributed by atoms with Crippen molar-refractivity contribution in [2.45, 2.75) is 39.2 Å². The summed E-state index contributed by atoms with van der Waals surface area (Å²) < 4.78 is 4.66. The van der Waals surface area contributed by atoms with Gasteiger partial charge in [0.1, 0.15) is 0 Å². The van der Waals surface area contributed by atoms with Crippen LogP contribution in [-0.2, 0) is 9.53 Å². The summed E-state index contributed by atoms with van der Waals surface area (Å²) in [4.78, 5) is 23.4. The van der Waals surface area contributed by atoms with Crippen LogP contribution in [-0.4, -0.2) is 25.0 Å². The van der Waals surface area contributed by atoms with E-state index in [9.17, 15) is 9.59 Å². The van der Waals surface area contributed by atoms with Crippen molar-refractivity contribution in [3.8, 4) is 0 Å². The minimum Gasteiger partial charge on any atom is -0.465 e. The lowest BCUT2D eigenvalue weighted by Crippen LogP contribution is -2.35. The van der Waals surface area contributed by atoms with Gasteiger partial charge < -0.3 is 15.8 Å². The first-order valence-corrected chi connectivity index (χ1v) is 6.75. The fourth-order valence-corrected chi connectivity index (χ4v) is 1.78. The van der Waals surface area contributed by atoms with Crippen LogP contribution in [0.25, 0.3) is 0 Å². The fraction of sp³-hybridized carbons (Fsp3) is 0.467. The first kappa shape index (κ1) is 16.2. The third-order valence-electron chi connectivity index (χ3n) is 3.12. The van der Waals surface area contributed by atoms with Gasteiger partial charge in [-0.05, 0) is 31.0 Å². The molecule has 3 N–H and O–H groups in total. The molecule has 0 aliphatic rings. The van der Waals surface area contributed by atoms with E-state index in [0.717, 1.165) is 18.4 Å². The van der Waals surface area contributed by atoms with Gasteiger partial charge in [0.25, 0.3) is 0 Å².